The summed E-state index contributed by atoms with van der Waals surface area (Å²) in [6.45, 7) is 5.98. The molecule has 4 atom stereocenters. The van der Waals surface area contributed by atoms with Gasteiger partial charge in [-0.1, -0.05) is 52.2 Å². The zero-order chi connectivity index (χ0) is 31.7. The first-order valence-electron chi connectivity index (χ1n) is 14.8. The Balaban J connectivity index is 1.86. The molecule has 1 aromatic carbocycles. The van der Waals surface area contributed by atoms with Crippen molar-refractivity contribution in [2.75, 3.05) is 26.1 Å². The summed E-state index contributed by atoms with van der Waals surface area (Å²) in [5, 5.41) is 14.2. The molecule has 1 saturated heterocycles. The molecule has 0 bridgehead atoms. The highest BCUT2D eigenvalue weighted by Crippen LogP contribution is 2.50. The number of nitrogens with zero attached hydrogens (tertiary/aromatic N) is 3. The summed E-state index contributed by atoms with van der Waals surface area (Å²) < 4.78 is 45.6. The molecule has 11 heteroatoms. The number of hydrogen-bond acceptors (Lipinski definition) is 6. The van der Waals surface area contributed by atoms with Crippen molar-refractivity contribution in [3.05, 3.63) is 53.2 Å². The van der Waals surface area contributed by atoms with Crippen LogP contribution in [-0.2, 0) is 22.3 Å². The molecule has 236 valence electrons. The van der Waals surface area contributed by atoms with Crippen LogP contribution in [-0.4, -0.2) is 60.2 Å². The minimum atomic E-state index is -4.52. The van der Waals surface area contributed by atoms with E-state index in [1.54, 1.807) is 17.2 Å². The van der Waals surface area contributed by atoms with E-state index in [1.165, 1.54) is 13.2 Å². The molecule has 0 radical (unpaired) electrons. The number of carboxylic acids is 1. The van der Waals surface area contributed by atoms with E-state index in [1.807, 2.05) is 45.8 Å². The van der Waals surface area contributed by atoms with Gasteiger partial charge in [0.15, 0.2) is 0 Å². The van der Waals surface area contributed by atoms with Gasteiger partial charge in [-0.25, -0.2) is 9.78 Å². The predicted octanol–water partition coefficient (Wildman–Crippen LogP) is 5.91. The number of carbonyl (C=O) groups is 2. The number of ether oxygens (including phenoxy) is 1. The average molecular weight is 605 g/mol. The van der Waals surface area contributed by atoms with Gasteiger partial charge in [-0.05, 0) is 36.5 Å². The second kappa shape index (κ2) is 12.7. The number of carboxylic acid groups (broad SMARTS) is 1. The predicted molar refractivity (Wildman–Crippen MR) is 158 cm³/mol. The number of benzene rings is 1. The minimum absolute atomic E-state index is 0.0736. The molecular weight excluding hydrogens is 561 g/mol. The lowest BCUT2D eigenvalue weighted by molar-refractivity contribution is -0.154. The molecule has 8 nitrogen and oxygen atoms in total. The third-order valence-electron chi connectivity index (χ3n) is 8.83. The molecule has 1 aromatic heterocycles. The first-order chi connectivity index (χ1) is 20.2. The monoisotopic (exact) mass is 604 g/mol. The molecule has 2 aliphatic rings. The summed E-state index contributed by atoms with van der Waals surface area (Å²) >= 11 is 0. The van der Waals surface area contributed by atoms with Crippen LogP contribution >= 0.6 is 0 Å². The highest BCUT2D eigenvalue weighted by Gasteiger charge is 2.59. The summed E-state index contributed by atoms with van der Waals surface area (Å²) in [6.07, 6.45) is 1.44. The molecule has 2 fully saturated rings. The molecule has 1 amide bonds. The zero-order valence-electron chi connectivity index (χ0n) is 25.7. The van der Waals surface area contributed by atoms with Crippen LogP contribution in [0.1, 0.15) is 75.6 Å². The molecule has 4 rings (SSSR count). The third-order valence-corrected chi connectivity index (χ3v) is 8.83. The van der Waals surface area contributed by atoms with E-state index < -0.39 is 47.2 Å². The number of carbonyl (C=O) groups excluding carboxylic acids is 1. The van der Waals surface area contributed by atoms with E-state index in [-0.39, 0.29) is 24.1 Å². The molecule has 2 N–H and O–H groups in total. The van der Waals surface area contributed by atoms with E-state index in [0.717, 1.165) is 31.4 Å². The highest BCUT2D eigenvalue weighted by molar-refractivity contribution is 5.87. The summed E-state index contributed by atoms with van der Waals surface area (Å²) in [5.41, 5.74) is -0.178. The number of amides is 1. The number of methoxy groups -OCH3 is 1. The van der Waals surface area contributed by atoms with Crippen LogP contribution in [0.2, 0.25) is 0 Å². The van der Waals surface area contributed by atoms with E-state index in [9.17, 15) is 27.9 Å². The Bertz CT molecular complexity index is 1300. The van der Waals surface area contributed by atoms with Gasteiger partial charge in [-0.3, -0.25) is 4.79 Å². The van der Waals surface area contributed by atoms with E-state index in [4.69, 9.17) is 4.74 Å². The maximum Gasteiger partial charge on any atom is 0.416 e. The summed E-state index contributed by atoms with van der Waals surface area (Å²) in [4.78, 5) is 35.5. The Morgan fingerprint density at radius 1 is 1.12 bits per heavy atom. The Hall–Kier alpha value is -3.34. The van der Waals surface area contributed by atoms with Crippen LogP contribution in [0.4, 0.5) is 19.0 Å². The normalized spacial score (nSPS) is 23.3. The van der Waals surface area contributed by atoms with Crippen molar-refractivity contribution in [1.29, 1.82) is 0 Å². The first kappa shape index (κ1) is 32.6. The maximum atomic E-state index is 14.4. The Labute approximate surface area is 251 Å². The minimum Gasteiger partial charge on any atom is -0.496 e. The summed E-state index contributed by atoms with van der Waals surface area (Å²) in [7, 11) is 5.01. The summed E-state index contributed by atoms with van der Waals surface area (Å²) in [5.74, 6) is -1.38. The van der Waals surface area contributed by atoms with Gasteiger partial charge in [0, 0.05) is 55.8 Å². The Morgan fingerprint density at radius 3 is 2.35 bits per heavy atom. The lowest BCUT2D eigenvalue weighted by Gasteiger charge is -2.36. The standard InChI is InChI=1S/C32H43F3N4O4/c1-31(2,3)24-25(37-18-20-14-15-21(32(33,34)35)17-23(20)43-6)26(22-13-10-16-36-28(22)38(4)5)39(27(24)30(41)42)29(40)19-11-8-7-9-12-19/h10,13-17,19,24-27,37H,7-9,11-12,18H2,1-6H3,(H,41,42)/t24-,25-,26-,27-/m0/s1. The number of halogens is 3. The first-order valence-corrected chi connectivity index (χ1v) is 14.8. The van der Waals surface area contributed by atoms with Crippen LogP contribution in [0, 0.1) is 17.3 Å². The molecular formula is C32H43F3N4O4. The number of likely N-dealkylation sites (tertiary alicyclic amines) is 1. The van der Waals surface area contributed by atoms with Gasteiger partial charge in [0.1, 0.15) is 17.6 Å². The molecule has 1 saturated carbocycles. The van der Waals surface area contributed by atoms with Gasteiger partial charge < -0.3 is 25.0 Å². The van der Waals surface area contributed by atoms with Gasteiger partial charge in [-0.15, -0.1) is 0 Å². The number of nitrogens with one attached hydrogen (secondary N) is 1. The van der Waals surface area contributed by atoms with Crippen molar-refractivity contribution in [3.63, 3.8) is 0 Å². The van der Waals surface area contributed by atoms with Crippen molar-refractivity contribution in [3.8, 4) is 5.75 Å². The number of pyridine rings is 1. The average Bonchev–Trinajstić information content (AvgIpc) is 3.31. The fourth-order valence-corrected chi connectivity index (χ4v) is 6.92. The lowest BCUT2D eigenvalue weighted by atomic mass is 9.72. The van der Waals surface area contributed by atoms with Crippen molar-refractivity contribution in [2.45, 2.75) is 83.7 Å². The molecule has 1 aliphatic heterocycles. The van der Waals surface area contributed by atoms with E-state index in [0.29, 0.717) is 29.8 Å². The molecule has 0 unspecified atom stereocenters. The van der Waals surface area contributed by atoms with Crippen molar-refractivity contribution in [2.24, 2.45) is 17.3 Å². The number of hydrogen-bond donors (Lipinski definition) is 2. The van der Waals surface area contributed by atoms with Gasteiger partial charge in [0.2, 0.25) is 5.91 Å². The Morgan fingerprint density at radius 2 is 1.79 bits per heavy atom. The zero-order valence-corrected chi connectivity index (χ0v) is 25.7. The second-order valence-electron chi connectivity index (χ2n) is 12.9. The van der Waals surface area contributed by atoms with Crippen LogP contribution in [0.5, 0.6) is 5.75 Å². The second-order valence-corrected chi connectivity index (χ2v) is 12.9. The number of aromatic nitrogens is 1. The Kier molecular flexibility index (Phi) is 9.63. The topological polar surface area (TPSA) is 95.0 Å². The summed E-state index contributed by atoms with van der Waals surface area (Å²) in [6, 6.07) is 4.63. The lowest BCUT2D eigenvalue weighted by Crippen LogP contribution is -2.49. The fraction of sp³-hybridized carbons (Fsp3) is 0.594. The maximum absolute atomic E-state index is 14.4. The molecule has 43 heavy (non-hydrogen) atoms. The smallest absolute Gasteiger partial charge is 0.416 e. The highest BCUT2D eigenvalue weighted by atomic mass is 19.4. The van der Waals surface area contributed by atoms with Crippen molar-refractivity contribution < 1.29 is 32.6 Å². The fourth-order valence-electron chi connectivity index (χ4n) is 6.92. The number of rotatable bonds is 8. The molecule has 2 heterocycles. The molecule has 2 aromatic rings. The van der Waals surface area contributed by atoms with Crippen LogP contribution in [0.15, 0.2) is 36.5 Å². The van der Waals surface area contributed by atoms with Crippen molar-refractivity contribution in [1.82, 2.24) is 15.2 Å². The van der Waals surface area contributed by atoms with Crippen molar-refractivity contribution >= 4 is 17.7 Å². The number of aliphatic carboxylic acids is 1. The largest absolute Gasteiger partial charge is 0.496 e. The number of alkyl halides is 3. The number of anilines is 1. The van der Waals surface area contributed by atoms with E-state index in [2.05, 4.69) is 10.3 Å². The van der Waals surface area contributed by atoms with Gasteiger partial charge in [-0.2, -0.15) is 13.2 Å². The molecule has 0 spiro atoms. The van der Waals surface area contributed by atoms with Gasteiger partial charge in [0.25, 0.3) is 0 Å². The van der Waals surface area contributed by atoms with E-state index >= 15 is 0 Å². The van der Waals surface area contributed by atoms with Crippen LogP contribution < -0.4 is 15.0 Å². The van der Waals surface area contributed by atoms with Crippen LogP contribution in [0.3, 0.4) is 0 Å². The van der Waals surface area contributed by atoms with Gasteiger partial charge >= 0.3 is 12.1 Å². The third kappa shape index (κ3) is 6.76. The van der Waals surface area contributed by atoms with Crippen LogP contribution in [0.25, 0.3) is 0 Å². The van der Waals surface area contributed by atoms with Gasteiger partial charge in [0.05, 0.1) is 18.7 Å². The molecule has 1 aliphatic carbocycles. The SMILES string of the molecule is COc1cc(C(F)(F)F)ccc1CN[C@H]1[C@H](C(C)(C)C)[C@@H](C(=O)O)N(C(=O)C2CCCCC2)[C@H]1c1cccnc1N(C)C. The quantitative estimate of drug-likeness (QED) is 0.387.